The molecule has 16 heavy (non-hydrogen) atoms. The number of aromatic nitrogens is 6. The minimum atomic E-state index is 0. The third kappa shape index (κ3) is 2.48. The van der Waals surface area contributed by atoms with Crippen LogP contribution in [0.25, 0.3) is 0 Å². The number of hydrogen-bond acceptors (Lipinski definition) is 5. The summed E-state index contributed by atoms with van der Waals surface area (Å²) in [4.78, 5) is 0. The topological polar surface area (TPSA) is 87.4 Å². The molecule has 0 atom stereocenters. The van der Waals surface area contributed by atoms with E-state index in [0.29, 0.717) is 12.2 Å². The molecule has 2 N–H and O–H groups in total. The molecule has 0 spiro atoms. The van der Waals surface area contributed by atoms with Gasteiger partial charge < -0.3 is 5.73 Å². The van der Waals surface area contributed by atoms with Gasteiger partial charge in [-0.25, -0.2) is 4.68 Å². The summed E-state index contributed by atoms with van der Waals surface area (Å²) in [5, 5.41) is 15.6. The minimum absolute atomic E-state index is 0. The van der Waals surface area contributed by atoms with Gasteiger partial charge in [0.05, 0.1) is 17.9 Å². The molecule has 8 heteroatoms. The van der Waals surface area contributed by atoms with E-state index in [9.17, 15) is 0 Å². The molecule has 0 saturated carbocycles. The van der Waals surface area contributed by atoms with Crippen molar-refractivity contribution in [2.45, 2.75) is 26.4 Å². The van der Waals surface area contributed by atoms with Gasteiger partial charge in [0.25, 0.3) is 0 Å². The summed E-state index contributed by atoms with van der Waals surface area (Å²) in [6.07, 6.45) is 3.35. The lowest BCUT2D eigenvalue weighted by Gasteiger charge is -2.07. The van der Waals surface area contributed by atoms with Gasteiger partial charge >= 0.3 is 0 Å². The Labute approximate surface area is 99.0 Å². The third-order valence-electron chi connectivity index (χ3n) is 2.01. The fourth-order valence-electron chi connectivity index (χ4n) is 1.33. The first-order valence-corrected chi connectivity index (χ1v) is 4.71. The average Bonchev–Trinajstić information content (AvgIpc) is 2.75. The summed E-state index contributed by atoms with van der Waals surface area (Å²) in [5.74, 6) is 0.771. The first kappa shape index (κ1) is 12.4. The molecule has 0 amide bonds. The van der Waals surface area contributed by atoms with E-state index < -0.39 is 0 Å². The Bertz CT molecular complexity index is 447. The molecule has 0 bridgehead atoms. The Morgan fingerprint density at radius 3 is 2.75 bits per heavy atom. The Morgan fingerprint density at radius 1 is 1.44 bits per heavy atom. The van der Waals surface area contributed by atoms with Crippen molar-refractivity contribution in [3.05, 3.63) is 18.2 Å². The lowest BCUT2D eigenvalue weighted by Crippen LogP contribution is -2.12. The summed E-state index contributed by atoms with van der Waals surface area (Å²) in [5.41, 5.74) is 6.20. The number of nitrogens with two attached hydrogens (primary N) is 1. The number of halogens is 1. The SMILES string of the molecule is CC(C)n1nnnc1Cn1cc(N)cn1.Cl. The van der Waals surface area contributed by atoms with Gasteiger partial charge in [0.2, 0.25) is 0 Å². The first-order valence-electron chi connectivity index (χ1n) is 4.71. The van der Waals surface area contributed by atoms with Crippen molar-refractivity contribution in [1.29, 1.82) is 0 Å². The second kappa shape index (κ2) is 4.93. The van der Waals surface area contributed by atoms with E-state index in [2.05, 4.69) is 20.6 Å². The highest BCUT2D eigenvalue weighted by atomic mass is 35.5. The normalized spacial score (nSPS) is 10.4. The van der Waals surface area contributed by atoms with Crippen LogP contribution in [0.5, 0.6) is 0 Å². The van der Waals surface area contributed by atoms with Gasteiger partial charge in [-0.05, 0) is 24.3 Å². The maximum atomic E-state index is 5.56. The van der Waals surface area contributed by atoms with Crippen LogP contribution < -0.4 is 5.73 Å². The van der Waals surface area contributed by atoms with Crippen LogP contribution in [0, 0.1) is 0 Å². The van der Waals surface area contributed by atoms with Crippen molar-refractivity contribution in [3.63, 3.8) is 0 Å². The second-order valence-electron chi connectivity index (χ2n) is 3.60. The standard InChI is InChI=1S/C8H13N7.ClH/c1-6(2)15-8(11-12-13-15)5-14-4-7(9)3-10-14;/h3-4,6H,5,9H2,1-2H3;1H. The average molecular weight is 244 g/mol. The Kier molecular flexibility index (Phi) is 3.83. The molecular weight excluding hydrogens is 230 g/mol. The zero-order valence-corrected chi connectivity index (χ0v) is 9.92. The predicted octanol–water partition coefficient (Wildman–Crippen LogP) is 0.503. The van der Waals surface area contributed by atoms with E-state index in [-0.39, 0.29) is 18.4 Å². The minimum Gasteiger partial charge on any atom is -0.396 e. The maximum Gasteiger partial charge on any atom is 0.173 e. The second-order valence-corrected chi connectivity index (χ2v) is 3.60. The molecule has 2 aromatic heterocycles. The zero-order valence-electron chi connectivity index (χ0n) is 9.11. The number of nitrogens with zero attached hydrogens (tertiary/aromatic N) is 6. The predicted molar refractivity (Wildman–Crippen MR) is 61.2 cm³/mol. The first-order chi connectivity index (χ1) is 7.16. The molecule has 0 saturated heterocycles. The van der Waals surface area contributed by atoms with Gasteiger partial charge in [-0.3, -0.25) is 4.68 Å². The van der Waals surface area contributed by atoms with Crippen molar-refractivity contribution >= 4 is 18.1 Å². The largest absolute Gasteiger partial charge is 0.396 e. The van der Waals surface area contributed by atoms with Gasteiger partial charge in [0.15, 0.2) is 5.82 Å². The van der Waals surface area contributed by atoms with Gasteiger partial charge in [0.1, 0.15) is 6.54 Å². The summed E-state index contributed by atoms with van der Waals surface area (Å²) < 4.78 is 3.47. The molecule has 0 aliphatic heterocycles. The highest BCUT2D eigenvalue weighted by Crippen LogP contribution is 2.06. The molecule has 2 heterocycles. The van der Waals surface area contributed by atoms with Crippen LogP contribution in [0.15, 0.2) is 12.4 Å². The summed E-state index contributed by atoms with van der Waals surface area (Å²) >= 11 is 0. The summed E-state index contributed by atoms with van der Waals surface area (Å²) in [6, 6.07) is 0.239. The van der Waals surface area contributed by atoms with Crippen LogP contribution in [-0.2, 0) is 6.54 Å². The molecule has 2 aromatic rings. The van der Waals surface area contributed by atoms with E-state index in [1.807, 2.05) is 13.8 Å². The maximum absolute atomic E-state index is 5.56. The monoisotopic (exact) mass is 243 g/mol. The molecule has 0 fully saturated rings. The number of rotatable bonds is 3. The zero-order chi connectivity index (χ0) is 10.8. The van der Waals surface area contributed by atoms with Crippen LogP contribution >= 0.6 is 12.4 Å². The van der Waals surface area contributed by atoms with E-state index in [4.69, 9.17) is 5.73 Å². The van der Waals surface area contributed by atoms with Crippen LogP contribution in [-0.4, -0.2) is 30.0 Å². The molecule has 88 valence electrons. The third-order valence-corrected chi connectivity index (χ3v) is 2.01. The number of hydrogen-bond donors (Lipinski definition) is 1. The quantitative estimate of drug-likeness (QED) is 0.848. The highest BCUT2D eigenvalue weighted by Gasteiger charge is 2.09. The van der Waals surface area contributed by atoms with Crippen molar-refractivity contribution in [2.75, 3.05) is 5.73 Å². The van der Waals surface area contributed by atoms with E-state index in [1.165, 1.54) is 0 Å². The van der Waals surface area contributed by atoms with Crippen molar-refractivity contribution in [3.8, 4) is 0 Å². The van der Waals surface area contributed by atoms with Crippen LogP contribution in [0.1, 0.15) is 25.7 Å². The molecule has 0 aromatic carbocycles. The van der Waals surface area contributed by atoms with E-state index in [0.717, 1.165) is 5.82 Å². The summed E-state index contributed by atoms with van der Waals surface area (Å²) in [7, 11) is 0. The smallest absolute Gasteiger partial charge is 0.173 e. The molecule has 0 aliphatic carbocycles. The van der Waals surface area contributed by atoms with Crippen LogP contribution in [0.2, 0.25) is 0 Å². The number of anilines is 1. The van der Waals surface area contributed by atoms with Gasteiger partial charge in [-0.15, -0.1) is 17.5 Å². The molecular formula is C8H14ClN7. The van der Waals surface area contributed by atoms with Gasteiger partial charge in [0, 0.05) is 6.20 Å². The molecule has 0 radical (unpaired) electrons. The van der Waals surface area contributed by atoms with Crippen LogP contribution in [0.4, 0.5) is 5.69 Å². The molecule has 0 aliphatic rings. The van der Waals surface area contributed by atoms with Gasteiger partial charge in [-0.2, -0.15) is 5.10 Å². The lowest BCUT2D eigenvalue weighted by atomic mass is 10.4. The Balaban J connectivity index is 0.00000128. The lowest BCUT2D eigenvalue weighted by molar-refractivity contribution is 0.480. The van der Waals surface area contributed by atoms with Crippen molar-refractivity contribution in [1.82, 2.24) is 30.0 Å². The van der Waals surface area contributed by atoms with Crippen molar-refractivity contribution in [2.24, 2.45) is 0 Å². The van der Waals surface area contributed by atoms with Gasteiger partial charge in [-0.1, -0.05) is 0 Å². The fourth-order valence-corrected chi connectivity index (χ4v) is 1.33. The fraction of sp³-hybridized carbons (Fsp3) is 0.500. The Morgan fingerprint density at radius 2 is 2.19 bits per heavy atom. The van der Waals surface area contributed by atoms with E-state index >= 15 is 0 Å². The number of tetrazole rings is 1. The summed E-state index contributed by atoms with van der Waals surface area (Å²) in [6.45, 7) is 4.58. The molecule has 2 rings (SSSR count). The number of nitrogen functional groups attached to an aromatic ring is 1. The molecule has 0 unspecified atom stereocenters. The Hall–Kier alpha value is -1.63. The van der Waals surface area contributed by atoms with Crippen molar-refractivity contribution < 1.29 is 0 Å². The van der Waals surface area contributed by atoms with E-state index in [1.54, 1.807) is 21.8 Å². The van der Waals surface area contributed by atoms with Crippen LogP contribution in [0.3, 0.4) is 0 Å². The molecule has 7 nitrogen and oxygen atoms in total. The highest BCUT2D eigenvalue weighted by molar-refractivity contribution is 5.85.